The van der Waals surface area contributed by atoms with E-state index in [1.54, 1.807) is 29.8 Å². The molecule has 0 radical (unpaired) electrons. The van der Waals surface area contributed by atoms with Crippen LogP contribution in [-0.2, 0) is 16.1 Å². The smallest absolute Gasteiger partial charge is 0.344 e. The van der Waals surface area contributed by atoms with E-state index in [9.17, 15) is 14.4 Å². The number of aryl methyl sites for hydroxylation is 2. The van der Waals surface area contributed by atoms with Gasteiger partial charge in [-0.05, 0) is 50.8 Å². The first-order valence-electron chi connectivity index (χ1n) is 10.4. The Bertz CT molecular complexity index is 1220. The molecule has 0 aliphatic heterocycles. The molecule has 0 N–H and O–H groups in total. The normalized spacial score (nSPS) is 10.9. The lowest BCUT2D eigenvalue weighted by Crippen LogP contribution is -2.21. The van der Waals surface area contributed by atoms with Crippen LogP contribution < -0.4 is 11.2 Å². The summed E-state index contributed by atoms with van der Waals surface area (Å²) in [6, 6.07) is 11.1. The molecule has 0 fully saturated rings. The van der Waals surface area contributed by atoms with Gasteiger partial charge in [0.25, 0.3) is 5.56 Å². The highest BCUT2D eigenvalue weighted by molar-refractivity contribution is 5.86. The molecule has 0 spiro atoms. The average Bonchev–Trinajstić information content (AvgIpc) is 2.74. The molecule has 2 aromatic heterocycles. The Morgan fingerprint density at radius 3 is 2.61 bits per heavy atom. The monoisotopic (exact) mass is 421 g/mol. The van der Waals surface area contributed by atoms with Gasteiger partial charge < -0.3 is 13.7 Å². The first-order valence-corrected chi connectivity index (χ1v) is 10.4. The van der Waals surface area contributed by atoms with Crippen LogP contribution >= 0.6 is 0 Å². The molecule has 6 heteroatoms. The van der Waals surface area contributed by atoms with Crippen molar-refractivity contribution in [3.8, 4) is 11.1 Å². The molecule has 0 saturated carbocycles. The van der Waals surface area contributed by atoms with E-state index in [0.29, 0.717) is 29.7 Å². The molecule has 0 aliphatic carbocycles. The molecular weight excluding hydrogens is 394 g/mol. The number of pyridine rings is 1. The predicted molar refractivity (Wildman–Crippen MR) is 121 cm³/mol. The summed E-state index contributed by atoms with van der Waals surface area (Å²) in [6.07, 6.45) is 5.08. The highest BCUT2D eigenvalue weighted by Crippen LogP contribution is 2.20. The second-order valence-corrected chi connectivity index (χ2v) is 7.75. The van der Waals surface area contributed by atoms with E-state index in [2.05, 4.69) is 6.58 Å². The van der Waals surface area contributed by atoms with Crippen molar-refractivity contribution in [1.29, 1.82) is 0 Å². The molecule has 1 aromatic carbocycles. The second-order valence-electron chi connectivity index (χ2n) is 7.75. The topological polar surface area (TPSA) is 78.5 Å². The van der Waals surface area contributed by atoms with Gasteiger partial charge in [-0.25, -0.2) is 9.59 Å². The van der Waals surface area contributed by atoms with Crippen LogP contribution in [0.15, 0.2) is 68.8 Å². The van der Waals surface area contributed by atoms with Gasteiger partial charge in [0.05, 0.1) is 12.2 Å². The number of nitrogens with zero attached hydrogens (tertiary/aromatic N) is 1. The highest BCUT2D eigenvalue weighted by Gasteiger charge is 2.12. The second kappa shape index (κ2) is 10.1. The van der Waals surface area contributed by atoms with Crippen LogP contribution in [-0.4, -0.2) is 17.1 Å². The Morgan fingerprint density at radius 2 is 1.87 bits per heavy atom. The Balaban J connectivity index is 1.63. The lowest BCUT2D eigenvalue weighted by Gasteiger charge is -2.08. The van der Waals surface area contributed by atoms with E-state index >= 15 is 0 Å². The van der Waals surface area contributed by atoms with Crippen molar-refractivity contribution in [3.63, 3.8) is 0 Å². The third-order valence-electron chi connectivity index (χ3n) is 5.07. The lowest BCUT2D eigenvalue weighted by molar-refractivity contribution is -0.139. The number of ether oxygens (including phenoxy) is 1. The zero-order valence-corrected chi connectivity index (χ0v) is 18.0. The minimum atomic E-state index is -0.516. The van der Waals surface area contributed by atoms with Crippen molar-refractivity contribution in [2.75, 3.05) is 6.61 Å². The number of aromatic nitrogens is 1. The minimum absolute atomic E-state index is 0.0793. The van der Waals surface area contributed by atoms with E-state index in [1.165, 1.54) is 0 Å². The number of hydrogen-bond donors (Lipinski definition) is 0. The fraction of sp³-hybridized carbons (Fsp3) is 0.320. The van der Waals surface area contributed by atoms with Crippen molar-refractivity contribution in [1.82, 2.24) is 4.57 Å². The van der Waals surface area contributed by atoms with Gasteiger partial charge >= 0.3 is 11.6 Å². The van der Waals surface area contributed by atoms with Gasteiger partial charge in [0.1, 0.15) is 0 Å². The summed E-state index contributed by atoms with van der Waals surface area (Å²) < 4.78 is 12.0. The number of esters is 1. The molecule has 3 aromatic rings. The molecular formula is C25H27NO5. The van der Waals surface area contributed by atoms with Crippen molar-refractivity contribution >= 4 is 16.9 Å². The van der Waals surface area contributed by atoms with Crippen molar-refractivity contribution < 1.29 is 13.9 Å². The van der Waals surface area contributed by atoms with E-state index in [-0.39, 0.29) is 17.1 Å². The van der Waals surface area contributed by atoms with Gasteiger partial charge in [-0.3, -0.25) is 4.79 Å². The average molecular weight is 421 g/mol. The van der Waals surface area contributed by atoms with Gasteiger partial charge in [-0.15, -0.1) is 0 Å². The van der Waals surface area contributed by atoms with Crippen LogP contribution in [0, 0.1) is 6.92 Å². The van der Waals surface area contributed by atoms with Crippen molar-refractivity contribution in [2.24, 2.45) is 0 Å². The number of fused-ring (bicyclic) bond motifs is 1. The number of carbonyl (C=O) groups is 1. The van der Waals surface area contributed by atoms with E-state index in [1.807, 2.05) is 31.2 Å². The number of rotatable bonds is 9. The maximum absolute atomic E-state index is 12.8. The summed E-state index contributed by atoms with van der Waals surface area (Å²) in [7, 11) is 0. The molecule has 6 nitrogen and oxygen atoms in total. The van der Waals surface area contributed by atoms with Gasteiger partial charge in [-0.1, -0.05) is 42.8 Å². The zero-order valence-electron chi connectivity index (χ0n) is 18.0. The minimum Gasteiger partial charge on any atom is -0.462 e. The van der Waals surface area contributed by atoms with E-state index in [4.69, 9.17) is 9.15 Å². The summed E-state index contributed by atoms with van der Waals surface area (Å²) >= 11 is 0. The fourth-order valence-corrected chi connectivity index (χ4v) is 3.36. The van der Waals surface area contributed by atoms with Gasteiger partial charge in [0, 0.05) is 23.7 Å². The van der Waals surface area contributed by atoms with E-state index in [0.717, 1.165) is 36.8 Å². The standard InChI is InChI=1S/C25H27NO5/c1-17(2)24(28)30-14-7-5-4-6-12-26-13-11-20-16-21(19-10-8-9-18(3)15-19)25(29)31-22(20)23(26)27/h8-11,13,15-16H,1,4-7,12,14H2,2-3H3. The third kappa shape index (κ3) is 5.60. The summed E-state index contributed by atoms with van der Waals surface area (Å²) in [5.74, 6) is -0.366. The molecule has 3 rings (SSSR count). The maximum Gasteiger partial charge on any atom is 0.344 e. The molecule has 0 unspecified atom stereocenters. The Morgan fingerprint density at radius 1 is 1.10 bits per heavy atom. The number of unbranched alkanes of at least 4 members (excludes halogenated alkanes) is 3. The number of carbonyl (C=O) groups excluding carboxylic acids is 1. The van der Waals surface area contributed by atoms with Crippen molar-refractivity contribution in [3.05, 3.63) is 81.1 Å². The number of hydrogen-bond acceptors (Lipinski definition) is 5. The molecule has 2 heterocycles. The SMILES string of the molecule is C=C(C)C(=O)OCCCCCCn1ccc2cc(-c3cccc(C)c3)c(=O)oc2c1=O. The highest BCUT2D eigenvalue weighted by atomic mass is 16.5. The van der Waals surface area contributed by atoms with Crippen LogP contribution in [0.5, 0.6) is 0 Å². The molecule has 162 valence electrons. The fourth-order valence-electron chi connectivity index (χ4n) is 3.36. The van der Waals surface area contributed by atoms with Gasteiger partial charge in [-0.2, -0.15) is 0 Å². The van der Waals surface area contributed by atoms with Crippen LogP contribution in [0.2, 0.25) is 0 Å². The molecule has 31 heavy (non-hydrogen) atoms. The Hall–Kier alpha value is -3.41. The number of benzene rings is 1. The summed E-state index contributed by atoms with van der Waals surface area (Å²) in [5.41, 5.74) is 1.91. The van der Waals surface area contributed by atoms with Gasteiger partial charge in [0.2, 0.25) is 5.58 Å². The molecule has 0 atom stereocenters. The van der Waals surface area contributed by atoms with Crippen LogP contribution in [0.25, 0.3) is 22.1 Å². The lowest BCUT2D eigenvalue weighted by atomic mass is 10.0. The maximum atomic E-state index is 12.8. The predicted octanol–water partition coefficient (Wildman–Crippen LogP) is 4.61. The first kappa shape index (κ1) is 22.3. The molecule has 0 bridgehead atoms. The molecule has 0 amide bonds. The quantitative estimate of drug-likeness (QED) is 0.286. The summed E-state index contributed by atoms with van der Waals surface area (Å²) in [4.78, 5) is 36.6. The zero-order chi connectivity index (χ0) is 22.4. The molecule has 0 saturated heterocycles. The van der Waals surface area contributed by atoms with E-state index < -0.39 is 5.63 Å². The van der Waals surface area contributed by atoms with Crippen LogP contribution in [0.3, 0.4) is 0 Å². The Labute approximate surface area is 180 Å². The largest absolute Gasteiger partial charge is 0.462 e. The summed E-state index contributed by atoms with van der Waals surface area (Å²) in [5, 5.41) is 0.608. The molecule has 0 aliphatic rings. The van der Waals surface area contributed by atoms with Crippen LogP contribution in [0.1, 0.15) is 38.2 Å². The first-order chi connectivity index (χ1) is 14.9. The third-order valence-corrected chi connectivity index (χ3v) is 5.07. The van der Waals surface area contributed by atoms with Gasteiger partial charge in [0.15, 0.2) is 0 Å². The van der Waals surface area contributed by atoms with Crippen LogP contribution in [0.4, 0.5) is 0 Å². The Kier molecular flexibility index (Phi) is 7.23. The van der Waals surface area contributed by atoms with Crippen molar-refractivity contribution in [2.45, 2.75) is 46.1 Å². The summed E-state index contributed by atoms with van der Waals surface area (Å²) in [6.45, 7) is 8.02.